The van der Waals surface area contributed by atoms with Gasteiger partial charge in [0.15, 0.2) is 0 Å². The summed E-state index contributed by atoms with van der Waals surface area (Å²) in [6.45, 7) is 1.77. The molecule has 3 rings (SSSR count). The fourth-order valence-electron chi connectivity index (χ4n) is 2.55. The molecule has 26 heavy (non-hydrogen) atoms. The number of hydrogen-bond acceptors (Lipinski definition) is 5. The fourth-order valence-corrected chi connectivity index (χ4v) is 3.17. The van der Waals surface area contributed by atoms with Gasteiger partial charge in [-0.3, -0.25) is 4.79 Å². The van der Waals surface area contributed by atoms with Crippen LogP contribution >= 0.6 is 19.4 Å². The van der Waals surface area contributed by atoms with Crippen LogP contribution in [0.1, 0.15) is 15.9 Å². The van der Waals surface area contributed by atoms with Gasteiger partial charge in [0.2, 0.25) is 0 Å². The molecule has 134 valence electrons. The predicted octanol–water partition coefficient (Wildman–Crippen LogP) is 3.26. The molecule has 0 bridgehead atoms. The number of carbonyl (C=O) groups excluding carboxylic acids is 1. The second-order valence-corrected chi connectivity index (χ2v) is 7.16. The van der Waals surface area contributed by atoms with E-state index in [-0.39, 0.29) is 11.3 Å². The number of halogens is 1. The molecule has 0 aliphatic carbocycles. The smallest absolute Gasteiger partial charge is 0.259 e. The molecule has 0 unspecified atom stereocenters. The standard InChI is InChI=1S/C18H15ClNO5P/c1-11-8-14(19)6-7-16(11)20-18(21)15-9-12-4-2-3-5-13(12)10-17(15)25-26(22,23)24/h2-10H,1H3,(H,20,21)(H2,22,23,24)/p-2. The Morgan fingerprint density at radius 2 is 1.73 bits per heavy atom. The van der Waals surface area contributed by atoms with E-state index in [0.29, 0.717) is 21.5 Å². The number of nitrogens with one attached hydrogen (secondary N) is 1. The summed E-state index contributed by atoms with van der Waals surface area (Å²) in [5, 5.41) is 4.53. The quantitative estimate of drug-likeness (QED) is 0.690. The highest BCUT2D eigenvalue weighted by Crippen LogP contribution is 2.35. The number of anilines is 1. The van der Waals surface area contributed by atoms with Gasteiger partial charge in [0.05, 0.1) is 5.56 Å². The molecule has 0 saturated heterocycles. The summed E-state index contributed by atoms with van der Waals surface area (Å²) < 4.78 is 15.6. The SMILES string of the molecule is Cc1cc(Cl)ccc1NC(=O)c1cc2ccccc2cc1OP(=O)([O-])[O-]. The summed E-state index contributed by atoms with van der Waals surface area (Å²) in [7, 11) is -5.33. The molecular weight excluding hydrogens is 377 g/mol. The van der Waals surface area contributed by atoms with Gasteiger partial charge in [0.25, 0.3) is 5.91 Å². The molecule has 0 spiro atoms. The van der Waals surface area contributed by atoms with Crippen LogP contribution in [0.2, 0.25) is 5.02 Å². The van der Waals surface area contributed by atoms with E-state index in [1.807, 2.05) is 0 Å². The van der Waals surface area contributed by atoms with Gasteiger partial charge in [-0.05, 0) is 53.6 Å². The largest absolute Gasteiger partial charge is 0.780 e. The molecular formula is C18H13ClNO5P-2. The predicted molar refractivity (Wildman–Crippen MR) is 96.3 cm³/mol. The third kappa shape index (κ3) is 4.23. The van der Waals surface area contributed by atoms with Gasteiger partial charge in [0, 0.05) is 10.7 Å². The molecule has 0 atom stereocenters. The summed E-state index contributed by atoms with van der Waals surface area (Å²) in [5.74, 6) is -0.925. The Labute approximate surface area is 154 Å². The zero-order chi connectivity index (χ0) is 18.9. The Hall–Kier alpha value is -2.37. The lowest BCUT2D eigenvalue weighted by Gasteiger charge is -2.30. The minimum Gasteiger partial charge on any atom is -0.780 e. The molecule has 0 fully saturated rings. The van der Waals surface area contributed by atoms with Crippen LogP contribution in [0.5, 0.6) is 5.75 Å². The molecule has 0 heterocycles. The van der Waals surface area contributed by atoms with Crippen LogP contribution in [0, 0.1) is 6.92 Å². The fraction of sp³-hybridized carbons (Fsp3) is 0.0556. The van der Waals surface area contributed by atoms with E-state index in [1.54, 1.807) is 49.4 Å². The second kappa shape index (κ2) is 7.09. The zero-order valence-corrected chi connectivity index (χ0v) is 15.2. The van der Waals surface area contributed by atoms with Crippen molar-refractivity contribution in [1.29, 1.82) is 0 Å². The number of hydrogen-bond donors (Lipinski definition) is 1. The summed E-state index contributed by atoms with van der Waals surface area (Å²) in [6.07, 6.45) is 0. The van der Waals surface area contributed by atoms with Crippen molar-refractivity contribution in [2.24, 2.45) is 0 Å². The maximum absolute atomic E-state index is 12.7. The first kappa shape index (κ1) is 18.4. The number of phosphoric ester groups is 1. The van der Waals surface area contributed by atoms with Crippen molar-refractivity contribution in [2.75, 3.05) is 5.32 Å². The Bertz CT molecular complexity index is 1050. The Kier molecular flexibility index (Phi) is 5.03. The van der Waals surface area contributed by atoms with Gasteiger partial charge >= 0.3 is 0 Å². The highest BCUT2D eigenvalue weighted by atomic mass is 35.5. The van der Waals surface area contributed by atoms with Gasteiger partial charge in [-0.15, -0.1) is 0 Å². The van der Waals surface area contributed by atoms with Crippen molar-refractivity contribution >= 4 is 41.8 Å². The maximum Gasteiger partial charge on any atom is 0.259 e. The van der Waals surface area contributed by atoms with Crippen molar-refractivity contribution < 1.29 is 23.7 Å². The first-order chi connectivity index (χ1) is 12.2. The van der Waals surface area contributed by atoms with Crippen molar-refractivity contribution in [3.05, 3.63) is 70.7 Å². The van der Waals surface area contributed by atoms with E-state index in [4.69, 9.17) is 11.6 Å². The normalized spacial score (nSPS) is 11.4. The Balaban J connectivity index is 2.04. The Morgan fingerprint density at radius 3 is 2.35 bits per heavy atom. The van der Waals surface area contributed by atoms with Crippen molar-refractivity contribution in [3.63, 3.8) is 0 Å². The van der Waals surface area contributed by atoms with Crippen LogP contribution < -0.4 is 19.6 Å². The molecule has 3 aromatic carbocycles. The van der Waals surface area contributed by atoms with Gasteiger partial charge in [-0.2, -0.15) is 0 Å². The number of carbonyl (C=O) groups is 1. The van der Waals surface area contributed by atoms with Crippen molar-refractivity contribution in [3.8, 4) is 5.75 Å². The van der Waals surface area contributed by atoms with Gasteiger partial charge in [-0.1, -0.05) is 35.9 Å². The minimum atomic E-state index is -5.33. The van der Waals surface area contributed by atoms with E-state index in [0.717, 1.165) is 5.56 Å². The summed E-state index contributed by atoms with van der Waals surface area (Å²) >= 11 is 5.90. The summed E-state index contributed by atoms with van der Waals surface area (Å²) in [6, 6.07) is 14.7. The second-order valence-electron chi connectivity index (χ2n) is 5.65. The van der Waals surface area contributed by atoms with Crippen LogP contribution in [-0.4, -0.2) is 5.91 Å². The average molecular weight is 390 g/mol. The van der Waals surface area contributed by atoms with Crippen molar-refractivity contribution in [2.45, 2.75) is 6.92 Å². The molecule has 0 saturated carbocycles. The van der Waals surface area contributed by atoms with Gasteiger partial charge in [-0.25, -0.2) is 0 Å². The monoisotopic (exact) mass is 389 g/mol. The molecule has 1 N–H and O–H groups in total. The lowest BCUT2D eigenvalue weighted by atomic mass is 10.1. The highest BCUT2D eigenvalue weighted by Gasteiger charge is 2.16. The Morgan fingerprint density at radius 1 is 1.08 bits per heavy atom. The van der Waals surface area contributed by atoms with E-state index in [1.165, 1.54) is 12.1 Å². The lowest BCUT2D eigenvalue weighted by molar-refractivity contribution is -0.333. The number of amides is 1. The molecule has 8 heteroatoms. The first-order valence-electron chi connectivity index (χ1n) is 7.55. The molecule has 3 aromatic rings. The summed E-state index contributed by atoms with van der Waals surface area (Å²) in [4.78, 5) is 34.8. The highest BCUT2D eigenvalue weighted by molar-refractivity contribution is 7.43. The molecule has 6 nitrogen and oxygen atoms in total. The van der Waals surface area contributed by atoms with E-state index in [2.05, 4.69) is 9.84 Å². The van der Waals surface area contributed by atoms with Crippen LogP contribution in [0.15, 0.2) is 54.6 Å². The molecule has 0 aliphatic rings. The van der Waals surface area contributed by atoms with Gasteiger partial charge < -0.3 is 24.2 Å². The number of benzene rings is 3. The van der Waals surface area contributed by atoms with Crippen LogP contribution in [-0.2, 0) is 4.57 Å². The van der Waals surface area contributed by atoms with Crippen LogP contribution in [0.3, 0.4) is 0 Å². The molecule has 0 aromatic heterocycles. The van der Waals surface area contributed by atoms with Crippen LogP contribution in [0.4, 0.5) is 5.69 Å². The van der Waals surface area contributed by atoms with E-state index >= 15 is 0 Å². The number of rotatable bonds is 4. The van der Waals surface area contributed by atoms with Gasteiger partial charge in [0.1, 0.15) is 13.6 Å². The van der Waals surface area contributed by atoms with Crippen molar-refractivity contribution in [1.82, 2.24) is 0 Å². The zero-order valence-electron chi connectivity index (χ0n) is 13.6. The minimum absolute atomic E-state index is 0.0648. The van der Waals surface area contributed by atoms with E-state index in [9.17, 15) is 19.1 Å². The molecule has 0 aliphatic heterocycles. The third-order valence-electron chi connectivity index (χ3n) is 3.74. The number of fused-ring (bicyclic) bond motifs is 1. The number of phosphoric acid groups is 1. The average Bonchev–Trinajstić information content (AvgIpc) is 2.55. The number of aryl methyl sites for hydroxylation is 1. The lowest BCUT2D eigenvalue weighted by Crippen LogP contribution is -2.21. The molecule has 0 radical (unpaired) electrons. The topological polar surface area (TPSA) is 102 Å². The van der Waals surface area contributed by atoms with Crippen LogP contribution in [0.25, 0.3) is 10.8 Å². The maximum atomic E-state index is 12.7. The molecule has 1 amide bonds. The summed E-state index contributed by atoms with van der Waals surface area (Å²) in [5.41, 5.74) is 1.17. The van der Waals surface area contributed by atoms with E-state index < -0.39 is 13.7 Å². The first-order valence-corrected chi connectivity index (χ1v) is 9.39. The third-order valence-corrected chi connectivity index (χ3v) is 4.39.